The van der Waals surface area contributed by atoms with Crippen molar-refractivity contribution in [3.8, 4) is 0 Å². The second-order valence-electron chi connectivity index (χ2n) is 9.97. The van der Waals surface area contributed by atoms with Crippen LogP contribution in [0.3, 0.4) is 0 Å². The van der Waals surface area contributed by atoms with Crippen molar-refractivity contribution in [2.45, 2.75) is 79.2 Å². The zero-order chi connectivity index (χ0) is 19.9. The van der Waals surface area contributed by atoms with Gasteiger partial charge in [-0.3, -0.25) is 9.59 Å². The van der Waals surface area contributed by atoms with Gasteiger partial charge in [-0.1, -0.05) is 41.5 Å². The maximum atomic E-state index is 13.0. The van der Waals surface area contributed by atoms with Gasteiger partial charge in [0.2, 0.25) is 17.7 Å². The van der Waals surface area contributed by atoms with Gasteiger partial charge in [-0.05, 0) is 30.1 Å². The summed E-state index contributed by atoms with van der Waals surface area (Å²) in [5, 5.41) is 5.91. The molecule has 6 heteroatoms. The van der Waals surface area contributed by atoms with Gasteiger partial charge in [0.25, 0.3) is 0 Å². The monoisotopic (exact) mass is 372 g/mol. The molecule has 0 heterocycles. The van der Waals surface area contributed by atoms with Crippen LogP contribution in [-0.4, -0.2) is 30.3 Å². The van der Waals surface area contributed by atoms with Gasteiger partial charge in [-0.25, -0.2) is 8.78 Å². The zero-order valence-electron chi connectivity index (χ0n) is 16.9. The SMILES string of the molecule is CC(C(=O)NCC1CC(NC(=O)C2(C)CC(F)(F)C2)C1)C(C)C(C)(C)C. The highest BCUT2D eigenvalue weighted by Gasteiger charge is 2.58. The van der Waals surface area contributed by atoms with Gasteiger partial charge < -0.3 is 10.6 Å². The first-order valence-electron chi connectivity index (χ1n) is 9.70. The number of rotatable bonds is 6. The molecule has 2 aliphatic carbocycles. The molecule has 0 radical (unpaired) electrons. The summed E-state index contributed by atoms with van der Waals surface area (Å²) in [6.45, 7) is 12.7. The first-order chi connectivity index (χ1) is 11.7. The molecule has 2 atom stereocenters. The minimum absolute atomic E-state index is 0.0429. The summed E-state index contributed by atoms with van der Waals surface area (Å²) in [6, 6.07) is 0.0429. The lowest BCUT2D eigenvalue weighted by molar-refractivity contribution is -0.175. The Balaban J connectivity index is 1.66. The first-order valence-corrected chi connectivity index (χ1v) is 9.70. The molecule has 0 spiro atoms. The summed E-state index contributed by atoms with van der Waals surface area (Å²) >= 11 is 0. The third kappa shape index (κ3) is 4.74. The minimum atomic E-state index is -2.70. The van der Waals surface area contributed by atoms with Gasteiger partial charge in [-0.15, -0.1) is 0 Å². The summed E-state index contributed by atoms with van der Waals surface area (Å²) in [6.07, 6.45) is 0.868. The number of hydrogen-bond acceptors (Lipinski definition) is 2. The first kappa shape index (κ1) is 21.1. The fourth-order valence-corrected chi connectivity index (χ4v) is 4.01. The molecule has 2 amide bonds. The highest BCUT2D eigenvalue weighted by molar-refractivity contribution is 5.84. The minimum Gasteiger partial charge on any atom is -0.356 e. The van der Waals surface area contributed by atoms with Crippen LogP contribution in [0, 0.1) is 28.6 Å². The van der Waals surface area contributed by atoms with E-state index >= 15 is 0 Å². The van der Waals surface area contributed by atoms with Crippen molar-refractivity contribution >= 4 is 11.8 Å². The lowest BCUT2D eigenvalue weighted by Gasteiger charge is -2.45. The Morgan fingerprint density at radius 3 is 2.15 bits per heavy atom. The number of hydrogen-bond donors (Lipinski definition) is 2. The Morgan fingerprint density at radius 2 is 1.69 bits per heavy atom. The smallest absolute Gasteiger partial charge is 0.250 e. The van der Waals surface area contributed by atoms with Crippen molar-refractivity contribution in [1.29, 1.82) is 0 Å². The Hall–Kier alpha value is -1.20. The van der Waals surface area contributed by atoms with Gasteiger partial charge in [0.05, 0.1) is 5.41 Å². The van der Waals surface area contributed by atoms with Crippen LogP contribution in [0.4, 0.5) is 8.78 Å². The predicted octanol–water partition coefficient (Wildman–Crippen LogP) is 3.75. The number of halogens is 2. The van der Waals surface area contributed by atoms with Crippen molar-refractivity contribution in [2.75, 3.05) is 6.54 Å². The van der Waals surface area contributed by atoms with E-state index in [0.717, 1.165) is 12.8 Å². The fraction of sp³-hybridized carbons (Fsp3) is 0.900. The molecule has 2 fully saturated rings. The fourth-order valence-electron chi connectivity index (χ4n) is 4.01. The second kappa shape index (κ2) is 7.08. The average molecular weight is 373 g/mol. The normalized spacial score (nSPS) is 28.9. The molecule has 0 saturated heterocycles. The van der Waals surface area contributed by atoms with Crippen LogP contribution < -0.4 is 10.6 Å². The van der Waals surface area contributed by atoms with Crippen molar-refractivity contribution in [3.63, 3.8) is 0 Å². The van der Waals surface area contributed by atoms with Crippen molar-refractivity contribution < 1.29 is 18.4 Å². The van der Waals surface area contributed by atoms with Gasteiger partial charge in [0.1, 0.15) is 0 Å². The van der Waals surface area contributed by atoms with E-state index in [0.29, 0.717) is 12.5 Å². The largest absolute Gasteiger partial charge is 0.356 e. The highest BCUT2D eigenvalue weighted by Crippen LogP contribution is 2.52. The summed E-state index contributed by atoms with van der Waals surface area (Å²) in [5.41, 5.74) is -0.849. The van der Waals surface area contributed by atoms with Crippen molar-refractivity contribution in [3.05, 3.63) is 0 Å². The standard InChI is InChI=1S/C20H34F2N2O2/c1-12(13(2)18(3,4)5)16(25)23-9-14-7-15(8-14)24-17(26)19(6)10-20(21,22)11-19/h12-15H,7-11H2,1-6H3,(H,23,25)(H,24,26). The molecule has 2 rings (SSSR count). The Bertz CT molecular complexity index is 543. The van der Waals surface area contributed by atoms with E-state index in [1.54, 1.807) is 6.92 Å². The quantitative estimate of drug-likeness (QED) is 0.746. The summed E-state index contributed by atoms with van der Waals surface area (Å²) in [4.78, 5) is 24.5. The third-order valence-electron chi connectivity index (χ3n) is 6.51. The van der Waals surface area contributed by atoms with Gasteiger partial charge in [-0.2, -0.15) is 0 Å². The number of carbonyl (C=O) groups excluding carboxylic acids is 2. The number of alkyl halides is 2. The molecule has 2 saturated carbocycles. The maximum absolute atomic E-state index is 13.0. The van der Waals surface area contributed by atoms with Crippen molar-refractivity contribution in [2.24, 2.45) is 28.6 Å². The second-order valence-corrected chi connectivity index (χ2v) is 9.97. The maximum Gasteiger partial charge on any atom is 0.250 e. The van der Waals surface area contributed by atoms with Crippen LogP contribution in [-0.2, 0) is 9.59 Å². The third-order valence-corrected chi connectivity index (χ3v) is 6.51. The molecule has 150 valence electrons. The molecule has 2 aliphatic rings. The molecule has 2 N–H and O–H groups in total. The lowest BCUT2D eigenvalue weighted by atomic mass is 9.66. The van der Waals surface area contributed by atoms with E-state index in [4.69, 9.17) is 0 Å². The molecule has 0 bridgehead atoms. The number of nitrogens with one attached hydrogen (secondary N) is 2. The summed E-state index contributed by atoms with van der Waals surface area (Å²) < 4.78 is 26.1. The summed E-state index contributed by atoms with van der Waals surface area (Å²) in [7, 11) is 0. The molecular weight excluding hydrogens is 338 g/mol. The van der Waals surface area contributed by atoms with Crippen LogP contribution in [0.2, 0.25) is 0 Å². The van der Waals surface area contributed by atoms with Crippen LogP contribution >= 0.6 is 0 Å². The molecule has 0 aromatic heterocycles. The molecule has 0 aromatic carbocycles. The van der Waals surface area contributed by atoms with E-state index in [9.17, 15) is 18.4 Å². The van der Waals surface area contributed by atoms with E-state index in [-0.39, 0.29) is 47.9 Å². The van der Waals surface area contributed by atoms with E-state index < -0.39 is 11.3 Å². The topological polar surface area (TPSA) is 58.2 Å². The molecule has 4 nitrogen and oxygen atoms in total. The van der Waals surface area contributed by atoms with Crippen molar-refractivity contribution in [1.82, 2.24) is 10.6 Å². The molecular formula is C20H34F2N2O2. The van der Waals surface area contributed by atoms with E-state index in [2.05, 4.69) is 38.3 Å². The Labute approximate surface area is 155 Å². The molecule has 26 heavy (non-hydrogen) atoms. The van der Waals surface area contributed by atoms with E-state index in [1.165, 1.54) is 0 Å². The number of carbonyl (C=O) groups is 2. The zero-order valence-corrected chi connectivity index (χ0v) is 16.9. The molecule has 0 aromatic rings. The lowest BCUT2D eigenvalue weighted by Crippen LogP contribution is -2.57. The van der Waals surface area contributed by atoms with Gasteiger partial charge >= 0.3 is 0 Å². The predicted molar refractivity (Wildman–Crippen MR) is 97.7 cm³/mol. The van der Waals surface area contributed by atoms with Gasteiger partial charge in [0.15, 0.2) is 0 Å². The number of amides is 2. The van der Waals surface area contributed by atoms with E-state index in [1.807, 2.05) is 6.92 Å². The van der Waals surface area contributed by atoms with Crippen LogP contribution in [0.25, 0.3) is 0 Å². The Kier molecular flexibility index (Phi) is 5.75. The Morgan fingerprint density at radius 1 is 1.15 bits per heavy atom. The van der Waals surface area contributed by atoms with Crippen LogP contribution in [0.1, 0.15) is 67.2 Å². The van der Waals surface area contributed by atoms with Crippen LogP contribution in [0.15, 0.2) is 0 Å². The summed E-state index contributed by atoms with van der Waals surface area (Å²) in [5.74, 6) is -2.31. The average Bonchev–Trinajstić information content (AvgIpc) is 2.43. The molecule has 0 aliphatic heterocycles. The van der Waals surface area contributed by atoms with Crippen LogP contribution in [0.5, 0.6) is 0 Å². The highest BCUT2D eigenvalue weighted by atomic mass is 19.3. The van der Waals surface area contributed by atoms with Gasteiger partial charge in [0, 0.05) is 31.3 Å². The molecule has 2 unspecified atom stereocenters.